The molecule has 6 nitrogen and oxygen atoms in total. The van der Waals surface area contributed by atoms with Gasteiger partial charge >= 0.3 is 5.97 Å². The Hall–Kier alpha value is -2.76. The van der Waals surface area contributed by atoms with Crippen LogP contribution in [0.3, 0.4) is 0 Å². The van der Waals surface area contributed by atoms with Crippen molar-refractivity contribution in [1.82, 2.24) is 4.90 Å². The second-order valence-electron chi connectivity index (χ2n) is 7.42. The summed E-state index contributed by atoms with van der Waals surface area (Å²) in [5.74, 6) is 0.208. The van der Waals surface area contributed by atoms with Crippen LogP contribution in [0.5, 0.6) is 5.75 Å². The topological polar surface area (TPSA) is 59.1 Å². The smallest absolute Gasteiger partial charge is 0.312 e. The molecule has 1 amide bonds. The Bertz CT molecular complexity index is 809. The summed E-state index contributed by atoms with van der Waals surface area (Å²) in [6, 6.07) is 5.69. The molecular weight excluding hydrogens is 368 g/mol. The van der Waals surface area contributed by atoms with Gasteiger partial charge in [-0.1, -0.05) is 12.2 Å². The first-order chi connectivity index (χ1) is 14.0. The molecular formula is C23H30N2O4. The maximum Gasteiger partial charge on any atom is 0.312 e. The lowest BCUT2D eigenvalue weighted by molar-refractivity contribution is -0.143. The van der Waals surface area contributed by atoms with Gasteiger partial charge in [-0.2, -0.15) is 0 Å². The Morgan fingerprint density at radius 3 is 2.62 bits per heavy atom. The number of carbonyl (C=O) groups excluding carboxylic acids is 2. The van der Waals surface area contributed by atoms with E-state index in [0.29, 0.717) is 24.5 Å². The molecule has 156 valence electrons. The van der Waals surface area contributed by atoms with Crippen LogP contribution < -0.4 is 9.64 Å². The van der Waals surface area contributed by atoms with Gasteiger partial charge in [0, 0.05) is 24.4 Å². The van der Waals surface area contributed by atoms with Crippen molar-refractivity contribution in [3.05, 3.63) is 47.7 Å². The molecule has 6 heteroatoms. The van der Waals surface area contributed by atoms with Crippen LogP contribution in [0.4, 0.5) is 5.69 Å². The van der Waals surface area contributed by atoms with Gasteiger partial charge < -0.3 is 19.3 Å². The van der Waals surface area contributed by atoms with E-state index in [-0.39, 0.29) is 17.8 Å². The molecule has 0 bridgehead atoms. The molecule has 0 aliphatic carbocycles. The highest BCUT2D eigenvalue weighted by Crippen LogP contribution is 2.35. The largest absolute Gasteiger partial charge is 0.490 e. The number of anilines is 1. The van der Waals surface area contributed by atoms with Crippen LogP contribution in [0.2, 0.25) is 0 Å². The number of hydrogen-bond acceptors (Lipinski definition) is 5. The van der Waals surface area contributed by atoms with Gasteiger partial charge in [-0.3, -0.25) is 9.59 Å². The van der Waals surface area contributed by atoms with Gasteiger partial charge in [-0.05, 0) is 57.4 Å². The minimum atomic E-state index is -0.319. The molecule has 3 rings (SSSR count). The second-order valence-corrected chi connectivity index (χ2v) is 7.42. The van der Waals surface area contributed by atoms with E-state index >= 15 is 0 Å². The molecule has 2 aliphatic heterocycles. The number of hydrogen-bond donors (Lipinski definition) is 0. The van der Waals surface area contributed by atoms with Crippen molar-refractivity contribution in [3.63, 3.8) is 0 Å². The lowest BCUT2D eigenvalue weighted by Gasteiger charge is -2.33. The average Bonchev–Trinajstić information content (AvgIpc) is 2.78. The fraction of sp³-hybridized carbons (Fsp3) is 0.478. The molecule has 2 aliphatic rings. The summed E-state index contributed by atoms with van der Waals surface area (Å²) < 4.78 is 10.7. The van der Waals surface area contributed by atoms with Crippen LogP contribution in [0, 0.1) is 5.92 Å². The number of allylic oxidation sites excluding steroid dienone is 2. The lowest BCUT2D eigenvalue weighted by atomic mass is 10.1. The molecule has 0 N–H and O–H groups in total. The van der Waals surface area contributed by atoms with Gasteiger partial charge in [0.15, 0.2) is 0 Å². The predicted molar refractivity (Wildman–Crippen MR) is 113 cm³/mol. The highest BCUT2D eigenvalue weighted by atomic mass is 16.5. The Morgan fingerprint density at radius 2 is 1.93 bits per heavy atom. The standard InChI is InChI=1S/C23H30N2O4/c1-4-19(10-8-17(2)23(27)28-3)25-14-15-29-21-16-18(9-11-20(21)25)22(26)24-12-6-5-7-13-24/h4,8-11,16-17H,5-7,12-15H2,1-3H3/b10-8-,19-4+. The Morgan fingerprint density at radius 1 is 1.17 bits per heavy atom. The number of esters is 1. The number of benzene rings is 1. The van der Waals surface area contributed by atoms with E-state index < -0.39 is 0 Å². The summed E-state index contributed by atoms with van der Waals surface area (Å²) in [6.45, 7) is 6.66. The summed E-state index contributed by atoms with van der Waals surface area (Å²) in [5.41, 5.74) is 2.57. The van der Waals surface area contributed by atoms with Crippen LogP contribution in [0.25, 0.3) is 0 Å². The zero-order chi connectivity index (χ0) is 20.8. The molecule has 29 heavy (non-hydrogen) atoms. The molecule has 0 aromatic heterocycles. The molecule has 1 aromatic carbocycles. The molecule has 1 aromatic rings. The predicted octanol–water partition coefficient (Wildman–Crippen LogP) is 3.78. The van der Waals surface area contributed by atoms with Crippen LogP contribution in [0.15, 0.2) is 42.1 Å². The van der Waals surface area contributed by atoms with E-state index in [2.05, 4.69) is 4.90 Å². The van der Waals surface area contributed by atoms with E-state index in [9.17, 15) is 9.59 Å². The van der Waals surface area contributed by atoms with Crippen molar-refractivity contribution in [2.24, 2.45) is 5.92 Å². The molecule has 1 unspecified atom stereocenters. The van der Waals surface area contributed by atoms with Crippen molar-refractivity contribution in [3.8, 4) is 5.75 Å². The molecule has 1 atom stereocenters. The minimum Gasteiger partial charge on any atom is -0.490 e. The van der Waals surface area contributed by atoms with Gasteiger partial charge in [-0.25, -0.2) is 0 Å². The third-order valence-corrected chi connectivity index (χ3v) is 5.45. The zero-order valence-corrected chi connectivity index (χ0v) is 17.5. The Balaban J connectivity index is 1.80. The maximum absolute atomic E-state index is 12.8. The van der Waals surface area contributed by atoms with Crippen LogP contribution in [-0.4, -0.2) is 50.1 Å². The number of amides is 1. The van der Waals surface area contributed by atoms with E-state index in [1.807, 2.05) is 48.3 Å². The van der Waals surface area contributed by atoms with Crippen molar-refractivity contribution >= 4 is 17.6 Å². The lowest BCUT2D eigenvalue weighted by Crippen LogP contribution is -2.36. The summed E-state index contributed by atoms with van der Waals surface area (Å²) >= 11 is 0. The number of likely N-dealkylation sites (tertiary alicyclic amines) is 1. The Kier molecular flexibility index (Phi) is 6.96. The molecule has 2 heterocycles. The van der Waals surface area contributed by atoms with E-state index in [1.165, 1.54) is 13.5 Å². The van der Waals surface area contributed by atoms with E-state index in [0.717, 1.165) is 37.3 Å². The average molecular weight is 399 g/mol. The monoisotopic (exact) mass is 398 g/mol. The number of rotatable bonds is 5. The quantitative estimate of drug-likeness (QED) is 0.558. The van der Waals surface area contributed by atoms with Crippen molar-refractivity contribution in [1.29, 1.82) is 0 Å². The van der Waals surface area contributed by atoms with Crippen molar-refractivity contribution < 1.29 is 19.1 Å². The number of fused-ring (bicyclic) bond motifs is 1. The SMILES string of the molecule is C/C=C(\C=C/C(C)C(=O)OC)N1CCOc2cc(C(=O)N3CCCCC3)ccc21. The number of piperidine rings is 1. The summed E-state index contributed by atoms with van der Waals surface area (Å²) in [4.78, 5) is 28.6. The molecule has 1 saturated heterocycles. The maximum atomic E-state index is 12.8. The third kappa shape index (κ3) is 4.81. The van der Waals surface area contributed by atoms with Gasteiger partial charge in [0.05, 0.1) is 25.3 Å². The Labute approximate surface area is 172 Å². The highest BCUT2D eigenvalue weighted by molar-refractivity contribution is 5.95. The van der Waals surface area contributed by atoms with E-state index in [1.54, 1.807) is 6.92 Å². The first kappa shape index (κ1) is 21.0. The van der Waals surface area contributed by atoms with Gasteiger partial charge in [0.1, 0.15) is 12.4 Å². The molecule has 0 spiro atoms. The molecule has 0 radical (unpaired) electrons. The number of methoxy groups -OCH3 is 1. The van der Waals surface area contributed by atoms with E-state index in [4.69, 9.17) is 9.47 Å². The number of carbonyl (C=O) groups is 2. The van der Waals surface area contributed by atoms with Crippen molar-refractivity contribution in [2.45, 2.75) is 33.1 Å². The van der Waals surface area contributed by atoms with Crippen LogP contribution in [-0.2, 0) is 9.53 Å². The number of nitrogens with zero attached hydrogens (tertiary/aromatic N) is 2. The summed E-state index contributed by atoms with van der Waals surface area (Å²) in [6.07, 6.45) is 9.11. The van der Waals surface area contributed by atoms with Gasteiger partial charge in [0.2, 0.25) is 0 Å². The van der Waals surface area contributed by atoms with Gasteiger partial charge in [-0.15, -0.1) is 0 Å². The van der Waals surface area contributed by atoms with Crippen LogP contribution in [0.1, 0.15) is 43.5 Å². The first-order valence-corrected chi connectivity index (χ1v) is 10.3. The molecule has 1 fully saturated rings. The minimum absolute atomic E-state index is 0.0753. The van der Waals surface area contributed by atoms with Crippen molar-refractivity contribution in [2.75, 3.05) is 38.3 Å². The summed E-state index contributed by atoms with van der Waals surface area (Å²) in [5, 5.41) is 0. The fourth-order valence-corrected chi connectivity index (χ4v) is 3.75. The zero-order valence-electron chi connectivity index (χ0n) is 17.5. The summed E-state index contributed by atoms with van der Waals surface area (Å²) in [7, 11) is 1.39. The molecule has 0 saturated carbocycles. The first-order valence-electron chi connectivity index (χ1n) is 10.3. The normalized spacial score (nSPS) is 18.2. The second kappa shape index (κ2) is 9.63. The van der Waals surface area contributed by atoms with Gasteiger partial charge in [0.25, 0.3) is 5.91 Å². The highest BCUT2D eigenvalue weighted by Gasteiger charge is 2.24. The third-order valence-electron chi connectivity index (χ3n) is 5.45. The number of ether oxygens (including phenoxy) is 2. The van der Waals surface area contributed by atoms with Crippen LogP contribution >= 0.6 is 0 Å². The fourth-order valence-electron chi connectivity index (χ4n) is 3.75.